The van der Waals surface area contributed by atoms with E-state index in [9.17, 15) is 0 Å². The fourth-order valence-corrected chi connectivity index (χ4v) is 5.19. The number of aryl methyl sites for hydroxylation is 2. The SMILES string of the molecule is Cc1ccccc1-c1ccc2c([n+]1C)C1(CCCCC1)CCC2. The largest absolute Gasteiger partial charge is 0.212 e. The van der Waals surface area contributed by atoms with Crippen LogP contribution >= 0.6 is 0 Å². The van der Waals surface area contributed by atoms with Crippen molar-refractivity contribution in [1.29, 1.82) is 0 Å². The molecule has 1 aromatic carbocycles. The number of hydrogen-bond acceptors (Lipinski definition) is 0. The van der Waals surface area contributed by atoms with Crippen molar-refractivity contribution in [2.75, 3.05) is 0 Å². The summed E-state index contributed by atoms with van der Waals surface area (Å²) in [6.45, 7) is 2.23. The van der Waals surface area contributed by atoms with Crippen molar-refractivity contribution in [2.45, 2.75) is 63.7 Å². The van der Waals surface area contributed by atoms with Crippen LogP contribution < -0.4 is 4.57 Å². The van der Waals surface area contributed by atoms with E-state index in [0.29, 0.717) is 5.41 Å². The Hall–Kier alpha value is -1.63. The smallest absolute Gasteiger partial charge is 0.198 e. The van der Waals surface area contributed by atoms with E-state index in [4.69, 9.17) is 0 Å². The average molecular weight is 306 g/mol. The molecular weight excluding hydrogens is 278 g/mol. The van der Waals surface area contributed by atoms with E-state index in [1.54, 1.807) is 11.3 Å². The highest BCUT2D eigenvalue weighted by Gasteiger charge is 2.44. The molecule has 4 rings (SSSR count). The highest BCUT2D eigenvalue weighted by atomic mass is 15.0. The van der Waals surface area contributed by atoms with Crippen LogP contribution in [0, 0.1) is 6.92 Å². The molecule has 1 aromatic heterocycles. The first-order chi connectivity index (χ1) is 11.2. The molecule has 0 unspecified atom stereocenters. The highest BCUT2D eigenvalue weighted by molar-refractivity contribution is 5.61. The molecule has 0 radical (unpaired) electrons. The van der Waals surface area contributed by atoms with Gasteiger partial charge in [-0.2, -0.15) is 4.57 Å². The van der Waals surface area contributed by atoms with E-state index in [1.807, 2.05) is 0 Å². The summed E-state index contributed by atoms with van der Waals surface area (Å²) in [6, 6.07) is 13.6. The lowest BCUT2D eigenvalue weighted by molar-refractivity contribution is -0.673. The van der Waals surface area contributed by atoms with E-state index in [0.717, 1.165) is 0 Å². The van der Waals surface area contributed by atoms with Crippen LogP contribution in [-0.4, -0.2) is 0 Å². The summed E-state index contributed by atoms with van der Waals surface area (Å²) in [5.74, 6) is 0. The van der Waals surface area contributed by atoms with Gasteiger partial charge in [-0.15, -0.1) is 0 Å². The molecule has 1 spiro atoms. The van der Waals surface area contributed by atoms with Gasteiger partial charge in [-0.25, -0.2) is 0 Å². The maximum absolute atomic E-state index is 2.54. The zero-order valence-corrected chi connectivity index (χ0v) is 14.6. The maximum atomic E-state index is 2.54. The molecule has 0 aliphatic heterocycles. The minimum absolute atomic E-state index is 0.458. The second-order valence-electron chi connectivity index (χ2n) is 7.66. The first-order valence-electron chi connectivity index (χ1n) is 9.30. The van der Waals surface area contributed by atoms with Crippen molar-refractivity contribution >= 4 is 0 Å². The van der Waals surface area contributed by atoms with Gasteiger partial charge in [-0.05, 0) is 56.7 Å². The Labute approximate surface area is 140 Å². The first-order valence-corrected chi connectivity index (χ1v) is 9.30. The molecule has 0 N–H and O–H groups in total. The Morgan fingerprint density at radius 2 is 1.61 bits per heavy atom. The third-order valence-corrected chi connectivity index (χ3v) is 6.28. The summed E-state index contributed by atoms with van der Waals surface area (Å²) in [5.41, 5.74) is 7.86. The van der Waals surface area contributed by atoms with Gasteiger partial charge >= 0.3 is 0 Å². The minimum atomic E-state index is 0.458. The monoisotopic (exact) mass is 306 g/mol. The van der Waals surface area contributed by atoms with E-state index >= 15 is 0 Å². The van der Waals surface area contributed by atoms with Crippen molar-refractivity contribution in [3.8, 4) is 11.3 Å². The van der Waals surface area contributed by atoms with Gasteiger partial charge < -0.3 is 0 Å². The summed E-state index contributed by atoms with van der Waals surface area (Å²) in [7, 11) is 2.31. The number of fused-ring (bicyclic) bond motifs is 2. The standard InChI is InChI=1S/C22H28N/c1-17-9-4-5-11-19(17)20-13-12-18-10-8-16-22(21(18)23(20)2)14-6-3-7-15-22/h4-5,9,11-13H,3,6-8,10,14-16H2,1-2H3/q+1. The number of benzene rings is 1. The van der Waals surface area contributed by atoms with Gasteiger partial charge in [0.15, 0.2) is 5.69 Å². The molecule has 23 heavy (non-hydrogen) atoms. The Morgan fingerprint density at radius 3 is 2.39 bits per heavy atom. The van der Waals surface area contributed by atoms with Crippen molar-refractivity contribution in [3.63, 3.8) is 0 Å². The number of hydrogen-bond donors (Lipinski definition) is 0. The third kappa shape index (κ3) is 2.41. The number of nitrogens with zero attached hydrogens (tertiary/aromatic N) is 1. The zero-order valence-electron chi connectivity index (χ0n) is 14.6. The lowest BCUT2D eigenvalue weighted by atomic mass is 9.64. The summed E-state index contributed by atoms with van der Waals surface area (Å²) < 4.78 is 2.54. The van der Waals surface area contributed by atoms with Crippen LogP contribution in [0.4, 0.5) is 0 Å². The Kier molecular flexibility index (Phi) is 3.75. The molecule has 0 saturated heterocycles. The van der Waals surface area contributed by atoms with E-state index < -0.39 is 0 Å². The van der Waals surface area contributed by atoms with Crippen LogP contribution in [-0.2, 0) is 18.9 Å². The van der Waals surface area contributed by atoms with Crippen molar-refractivity contribution in [2.24, 2.45) is 7.05 Å². The van der Waals surface area contributed by atoms with E-state index in [1.165, 1.54) is 68.2 Å². The van der Waals surface area contributed by atoms with Gasteiger partial charge in [-0.3, -0.25) is 0 Å². The van der Waals surface area contributed by atoms with Crippen LogP contribution in [0.3, 0.4) is 0 Å². The maximum Gasteiger partial charge on any atom is 0.212 e. The summed E-state index contributed by atoms with van der Waals surface area (Å²) in [5, 5.41) is 0. The van der Waals surface area contributed by atoms with Gasteiger partial charge in [0.2, 0.25) is 5.69 Å². The summed E-state index contributed by atoms with van der Waals surface area (Å²) in [6.07, 6.45) is 11.1. The normalized spacial score (nSPS) is 19.6. The summed E-state index contributed by atoms with van der Waals surface area (Å²) in [4.78, 5) is 0. The van der Waals surface area contributed by atoms with Gasteiger partial charge in [0.05, 0.1) is 5.41 Å². The molecule has 1 heterocycles. The van der Waals surface area contributed by atoms with Crippen molar-refractivity contribution < 1.29 is 4.57 Å². The second kappa shape index (κ2) is 5.78. The molecule has 0 atom stereocenters. The van der Waals surface area contributed by atoms with E-state index in [2.05, 4.69) is 54.9 Å². The van der Waals surface area contributed by atoms with Gasteiger partial charge in [0, 0.05) is 17.2 Å². The predicted molar refractivity (Wildman–Crippen MR) is 95.5 cm³/mol. The number of rotatable bonds is 1. The average Bonchev–Trinajstić information content (AvgIpc) is 2.57. The van der Waals surface area contributed by atoms with Crippen LogP contribution in [0.25, 0.3) is 11.3 Å². The van der Waals surface area contributed by atoms with Crippen LogP contribution in [0.15, 0.2) is 36.4 Å². The van der Waals surface area contributed by atoms with Crippen LogP contribution in [0.2, 0.25) is 0 Å². The topological polar surface area (TPSA) is 3.88 Å². The van der Waals surface area contributed by atoms with Crippen molar-refractivity contribution in [3.05, 3.63) is 53.2 Å². The molecular formula is C22H28N+. The molecule has 2 aliphatic carbocycles. The molecule has 1 saturated carbocycles. The Morgan fingerprint density at radius 1 is 0.870 bits per heavy atom. The molecule has 0 amide bonds. The zero-order chi connectivity index (χ0) is 15.9. The Bertz CT molecular complexity index is 723. The highest BCUT2D eigenvalue weighted by Crippen LogP contribution is 2.46. The van der Waals surface area contributed by atoms with Crippen LogP contribution in [0.5, 0.6) is 0 Å². The van der Waals surface area contributed by atoms with Crippen molar-refractivity contribution in [1.82, 2.24) is 0 Å². The van der Waals surface area contributed by atoms with Gasteiger partial charge in [0.25, 0.3) is 0 Å². The molecule has 2 aliphatic rings. The lowest BCUT2D eigenvalue weighted by Crippen LogP contribution is -2.48. The number of pyridine rings is 1. The second-order valence-corrected chi connectivity index (χ2v) is 7.66. The first kappa shape index (κ1) is 14.9. The molecule has 1 nitrogen and oxygen atoms in total. The van der Waals surface area contributed by atoms with Gasteiger partial charge in [-0.1, -0.05) is 37.5 Å². The number of aromatic nitrogens is 1. The third-order valence-electron chi connectivity index (χ3n) is 6.28. The van der Waals surface area contributed by atoms with Gasteiger partial charge in [0.1, 0.15) is 7.05 Å². The van der Waals surface area contributed by atoms with Crippen LogP contribution in [0.1, 0.15) is 61.8 Å². The molecule has 2 aromatic rings. The molecule has 120 valence electrons. The van der Waals surface area contributed by atoms with E-state index in [-0.39, 0.29) is 0 Å². The Balaban J connectivity index is 1.90. The predicted octanol–water partition coefficient (Wildman–Crippen LogP) is 5.02. The quantitative estimate of drug-likeness (QED) is 0.651. The molecule has 0 bridgehead atoms. The fourth-order valence-electron chi connectivity index (χ4n) is 5.19. The molecule has 1 heteroatoms. The fraction of sp³-hybridized carbons (Fsp3) is 0.500. The molecule has 1 fully saturated rings. The summed E-state index contributed by atoms with van der Waals surface area (Å²) >= 11 is 0. The lowest BCUT2D eigenvalue weighted by Gasteiger charge is -2.39. The minimum Gasteiger partial charge on any atom is -0.198 e.